The molecule has 0 spiro atoms. The third-order valence-electron chi connectivity index (χ3n) is 6.46. The van der Waals surface area contributed by atoms with Gasteiger partial charge in [-0.25, -0.2) is 9.59 Å². The lowest BCUT2D eigenvalue weighted by Gasteiger charge is -2.19. The van der Waals surface area contributed by atoms with Gasteiger partial charge in [0.25, 0.3) is 0 Å². The quantitative estimate of drug-likeness (QED) is 0.211. The third kappa shape index (κ3) is 12.5. The summed E-state index contributed by atoms with van der Waals surface area (Å²) >= 11 is 0. The highest BCUT2D eigenvalue weighted by Crippen LogP contribution is 2.26. The minimum atomic E-state index is -1.26. The number of nitrogens with zero attached hydrogens (tertiary/aromatic N) is 3. The molecule has 43 heavy (non-hydrogen) atoms. The Morgan fingerprint density at radius 1 is 0.884 bits per heavy atom. The van der Waals surface area contributed by atoms with Crippen LogP contribution in [0.4, 0.5) is 0 Å². The molecule has 0 fully saturated rings. The molecule has 2 heterocycles. The van der Waals surface area contributed by atoms with Gasteiger partial charge in [-0.05, 0) is 61.1 Å². The van der Waals surface area contributed by atoms with Crippen LogP contribution >= 0.6 is 12.4 Å². The number of pyridine rings is 1. The molecule has 1 aliphatic heterocycles. The van der Waals surface area contributed by atoms with E-state index in [2.05, 4.69) is 119 Å². The number of carboxylic acids is 2. The van der Waals surface area contributed by atoms with Crippen LogP contribution in [-0.2, 0) is 16.0 Å². The van der Waals surface area contributed by atoms with Gasteiger partial charge in [-0.3, -0.25) is 9.98 Å². The van der Waals surface area contributed by atoms with Crippen molar-refractivity contribution in [2.75, 3.05) is 33.7 Å². The number of nitrogens with one attached hydrogen (secondary N) is 1. The smallest absolute Gasteiger partial charge is 0.328 e. The first kappa shape index (κ1) is 34.7. The van der Waals surface area contributed by atoms with Crippen LogP contribution in [0.5, 0.6) is 0 Å². The number of amidine groups is 1. The van der Waals surface area contributed by atoms with Gasteiger partial charge in [-0.2, -0.15) is 0 Å². The van der Waals surface area contributed by atoms with Gasteiger partial charge in [0.15, 0.2) is 0 Å². The van der Waals surface area contributed by atoms with E-state index in [1.54, 1.807) is 0 Å². The highest BCUT2D eigenvalue weighted by Gasteiger charge is 2.15. The van der Waals surface area contributed by atoms with Crippen molar-refractivity contribution in [3.05, 3.63) is 126 Å². The third-order valence-corrected chi connectivity index (χ3v) is 6.46. The first-order chi connectivity index (χ1) is 20.3. The second kappa shape index (κ2) is 18.8. The number of hydrogen-bond acceptors (Lipinski definition) is 6. The molecule has 0 aliphatic carbocycles. The number of fused-ring (bicyclic) bond motifs is 1. The zero-order valence-electron chi connectivity index (χ0n) is 24.5. The molecule has 0 radical (unpaired) electrons. The number of carbonyl (C=O) groups is 2. The average molecular weight is 603 g/mol. The maximum atomic E-state index is 9.55. The van der Waals surface area contributed by atoms with Crippen molar-refractivity contribution >= 4 is 41.0 Å². The van der Waals surface area contributed by atoms with Crippen molar-refractivity contribution < 1.29 is 19.8 Å². The lowest BCUT2D eigenvalue weighted by molar-refractivity contribution is -0.134. The van der Waals surface area contributed by atoms with Crippen molar-refractivity contribution in [2.24, 2.45) is 4.99 Å². The van der Waals surface area contributed by atoms with Crippen molar-refractivity contribution in [2.45, 2.75) is 18.8 Å². The Bertz CT molecular complexity index is 1420. The monoisotopic (exact) mass is 602 g/mol. The van der Waals surface area contributed by atoms with E-state index in [1.165, 1.54) is 21.9 Å². The Labute approximate surface area is 259 Å². The summed E-state index contributed by atoms with van der Waals surface area (Å²) in [5.41, 5.74) is 3.86. The minimum absolute atomic E-state index is 0. The molecule has 1 aliphatic rings. The van der Waals surface area contributed by atoms with Crippen LogP contribution in [-0.4, -0.2) is 71.6 Å². The number of carboxylic acid groups (broad SMARTS) is 2. The molecule has 8 nitrogen and oxygen atoms in total. The van der Waals surface area contributed by atoms with E-state index in [9.17, 15) is 9.59 Å². The van der Waals surface area contributed by atoms with E-state index in [0.29, 0.717) is 18.1 Å². The van der Waals surface area contributed by atoms with Gasteiger partial charge in [0.05, 0.1) is 6.54 Å². The molecule has 0 bridgehead atoms. The van der Waals surface area contributed by atoms with Crippen molar-refractivity contribution in [3.8, 4) is 0 Å². The Kier molecular flexibility index (Phi) is 15.2. The Morgan fingerprint density at radius 2 is 1.53 bits per heavy atom. The Hall–Kier alpha value is -4.53. The number of aromatic nitrogens is 1. The number of rotatable bonds is 9. The van der Waals surface area contributed by atoms with Crippen molar-refractivity contribution in [1.82, 2.24) is 15.2 Å². The van der Waals surface area contributed by atoms with Crippen LogP contribution in [0.1, 0.15) is 29.2 Å². The molecule has 0 saturated heterocycles. The van der Waals surface area contributed by atoms with Gasteiger partial charge in [0.2, 0.25) is 0 Å². The Morgan fingerprint density at radius 3 is 2.14 bits per heavy atom. The van der Waals surface area contributed by atoms with Crippen LogP contribution in [0.3, 0.4) is 0 Å². The molecule has 0 amide bonds. The minimum Gasteiger partial charge on any atom is -0.478 e. The molecule has 9 heteroatoms. The maximum Gasteiger partial charge on any atom is 0.328 e. The Balaban J connectivity index is 0.000000239. The van der Waals surface area contributed by atoms with Gasteiger partial charge in [0.1, 0.15) is 5.84 Å². The van der Waals surface area contributed by atoms with Gasteiger partial charge in [-0.15, -0.1) is 12.4 Å². The second-order valence-electron chi connectivity index (χ2n) is 9.89. The van der Waals surface area contributed by atoms with Crippen LogP contribution in [0.15, 0.2) is 114 Å². The predicted molar refractivity (Wildman–Crippen MR) is 175 cm³/mol. The molecule has 4 aromatic rings. The highest BCUT2D eigenvalue weighted by atomic mass is 35.5. The number of halogens is 1. The summed E-state index contributed by atoms with van der Waals surface area (Å²) in [6, 6.07) is 31.8. The van der Waals surface area contributed by atoms with E-state index in [4.69, 9.17) is 10.2 Å². The zero-order chi connectivity index (χ0) is 30.2. The molecule has 1 unspecified atom stereocenters. The largest absolute Gasteiger partial charge is 0.478 e. The maximum absolute atomic E-state index is 9.55. The van der Waals surface area contributed by atoms with Crippen LogP contribution < -0.4 is 5.32 Å². The first-order valence-corrected chi connectivity index (χ1v) is 13.8. The average Bonchev–Trinajstić information content (AvgIpc) is 3.51. The molecular weight excluding hydrogens is 564 g/mol. The predicted octanol–water partition coefficient (Wildman–Crippen LogP) is 5.68. The molecule has 1 atom stereocenters. The lowest BCUT2D eigenvalue weighted by Crippen LogP contribution is -2.20. The fraction of sp³-hybridized carbons (Fsp3) is 0.235. The van der Waals surface area contributed by atoms with Crippen molar-refractivity contribution in [1.29, 1.82) is 0 Å². The number of benzene rings is 3. The summed E-state index contributed by atoms with van der Waals surface area (Å²) in [5, 5.41) is 21.6. The summed E-state index contributed by atoms with van der Waals surface area (Å²) < 4.78 is 0. The van der Waals surface area contributed by atoms with Gasteiger partial charge in [-0.1, -0.05) is 78.9 Å². The molecule has 1 aromatic heterocycles. The molecule has 226 valence electrons. The first-order valence-electron chi connectivity index (χ1n) is 13.8. The van der Waals surface area contributed by atoms with Crippen molar-refractivity contribution in [3.63, 3.8) is 0 Å². The highest BCUT2D eigenvalue weighted by molar-refractivity contribution is 5.92. The summed E-state index contributed by atoms with van der Waals surface area (Å²) in [4.78, 5) is 30.3. The topological polar surface area (TPSA) is 115 Å². The fourth-order valence-corrected chi connectivity index (χ4v) is 4.48. The summed E-state index contributed by atoms with van der Waals surface area (Å²) in [5.74, 6) is -1.01. The zero-order valence-corrected chi connectivity index (χ0v) is 25.3. The number of hydrogen-bond donors (Lipinski definition) is 3. The molecule has 3 N–H and O–H groups in total. The van der Waals surface area contributed by atoms with E-state index in [-0.39, 0.29) is 12.4 Å². The fourth-order valence-electron chi connectivity index (χ4n) is 4.48. The van der Waals surface area contributed by atoms with Crippen LogP contribution in [0.25, 0.3) is 10.8 Å². The second-order valence-corrected chi connectivity index (χ2v) is 9.89. The van der Waals surface area contributed by atoms with Gasteiger partial charge < -0.3 is 20.4 Å². The molecule has 0 saturated carbocycles. The van der Waals surface area contributed by atoms with E-state index >= 15 is 0 Å². The normalized spacial score (nSPS) is 12.6. The van der Waals surface area contributed by atoms with Crippen LogP contribution in [0.2, 0.25) is 0 Å². The SMILES string of the molecule is CN(C)CCC(c1ccccc1)c1ccccn1.Cl.O=C(O)/C=C\C(=O)O.c1ccc2c(CC3=NCCN3)cccc2c1. The van der Waals surface area contributed by atoms with Gasteiger partial charge in [0, 0.05) is 42.9 Å². The number of aliphatic imine (C=N–C) groups is 1. The molecule has 3 aromatic carbocycles. The summed E-state index contributed by atoms with van der Waals surface area (Å²) in [7, 11) is 4.22. The summed E-state index contributed by atoms with van der Waals surface area (Å²) in [6.07, 6.45) is 5.00. The lowest BCUT2D eigenvalue weighted by atomic mass is 9.92. The molecular formula is C34H39ClN4O4. The number of aliphatic carboxylic acids is 2. The van der Waals surface area contributed by atoms with E-state index < -0.39 is 11.9 Å². The van der Waals surface area contributed by atoms with E-state index in [0.717, 1.165) is 44.0 Å². The molecule has 5 rings (SSSR count). The van der Waals surface area contributed by atoms with Crippen LogP contribution in [0, 0.1) is 0 Å². The van der Waals surface area contributed by atoms with Gasteiger partial charge >= 0.3 is 11.9 Å². The standard InChI is InChI=1S/C16H20N2.C14H14N2.C4H4O4.ClH/c1-18(2)13-11-15(14-8-4-3-5-9-14)16-10-6-7-12-17-16;1-2-7-13-11(4-1)5-3-6-12(13)10-14-15-8-9-16-14;5-3(6)1-2-4(7)8;/h3-10,12,15H,11,13H2,1-2H3;1-7H,8-10H2,(H,15,16);1-2H,(H,5,6)(H,7,8);1H/b;;2-1-;. The summed E-state index contributed by atoms with van der Waals surface area (Å²) in [6.45, 7) is 2.97. The van der Waals surface area contributed by atoms with E-state index in [1.807, 2.05) is 12.3 Å².